The second-order valence-corrected chi connectivity index (χ2v) is 5.97. The van der Waals surface area contributed by atoms with E-state index in [9.17, 15) is 4.79 Å². The van der Waals surface area contributed by atoms with Gasteiger partial charge in [0.15, 0.2) is 0 Å². The minimum absolute atomic E-state index is 0.133. The number of carbonyl (C=O) groups excluding carboxylic acids is 1. The highest BCUT2D eigenvalue weighted by molar-refractivity contribution is 9.10. The summed E-state index contributed by atoms with van der Waals surface area (Å²) in [5, 5.41) is 0. The van der Waals surface area contributed by atoms with Gasteiger partial charge in [0.05, 0.1) is 5.56 Å². The summed E-state index contributed by atoms with van der Waals surface area (Å²) in [6.07, 6.45) is 7.29. The van der Waals surface area contributed by atoms with Crippen LogP contribution < -0.4 is 0 Å². The molecule has 4 heteroatoms. The molecule has 1 saturated heterocycles. The molecule has 1 amide bonds. The molecule has 1 aromatic rings. The average molecular weight is 295 g/mol. The highest BCUT2D eigenvalue weighted by Gasteiger charge is 2.38. The monoisotopic (exact) mass is 294 g/mol. The molecule has 1 aromatic heterocycles. The minimum Gasteiger partial charge on any atom is -0.338 e. The molecule has 0 N–H and O–H groups in total. The Kier molecular flexibility index (Phi) is 2.90. The Morgan fingerprint density at radius 1 is 1.29 bits per heavy atom. The summed E-state index contributed by atoms with van der Waals surface area (Å²) in [7, 11) is 0. The largest absolute Gasteiger partial charge is 0.338 e. The van der Waals surface area contributed by atoms with Gasteiger partial charge in [0, 0.05) is 30.0 Å². The number of pyridine rings is 1. The van der Waals surface area contributed by atoms with Crippen LogP contribution in [0.4, 0.5) is 0 Å². The van der Waals surface area contributed by atoms with E-state index in [1.165, 1.54) is 19.3 Å². The number of halogens is 1. The lowest BCUT2D eigenvalue weighted by Gasteiger charge is -2.17. The van der Waals surface area contributed by atoms with Gasteiger partial charge in [-0.25, -0.2) is 0 Å². The first-order valence-electron chi connectivity index (χ1n) is 6.14. The number of hydrogen-bond donors (Lipinski definition) is 0. The fraction of sp³-hybridized carbons (Fsp3) is 0.538. The van der Waals surface area contributed by atoms with E-state index >= 15 is 0 Å². The van der Waals surface area contributed by atoms with Crippen LogP contribution in [0.5, 0.6) is 0 Å². The maximum Gasteiger partial charge on any atom is 0.255 e. The molecule has 2 aliphatic rings. The van der Waals surface area contributed by atoms with Gasteiger partial charge in [-0.05, 0) is 46.7 Å². The van der Waals surface area contributed by atoms with Crippen LogP contribution in [0.1, 0.15) is 29.6 Å². The molecule has 1 aliphatic carbocycles. The van der Waals surface area contributed by atoms with Gasteiger partial charge in [-0.2, -0.15) is 0 Å². The van der Waals surface area contributed by atoms with Crippen molar-refractivity contribution in [1.29, 1.82) is 0 Å². The van der Waals surface area contributed by atoms with Gasteiger partial charge in [-0.3, -0.25) is 9.78 Å². The lowest BCUT2D eigenvalue weighted by Crippen LogP contribution is -2.29. The molecule has 1 saturated carbocycles. The van der Waals surface area contributed by atoms with E-state index < -0.39 is 0 Å². The Labute approximate surface area is 109 Å². The van der Waals surface area contributed by atoms with Gasteiger partial charge >= 0.3 is 0 Å². The Bertz CT molecular complexity index is 437. The van der Waals surface area contributed by atoms with Crippen molar-refractivity contribution in [3.05, 3.63) is 28.5 Å². The van der Waals surface area contributed by atoms with Gasteiger partial charge in [-0.15, -0.1) is 0 Å². The maximum absolute atomic E-state index is 12.3. The summed E-state index contributed by atoms with van der Waals surface area (Å²) >= 11 is 3.35. The Morgan fingerprint density at radius 2 is 2.00 bits per heavy atom. The summed E-state index contributed by atoms with van der Waals surface area (Å²) in [4.78, 5) is 18.3. The third-order valence-corrected chi connectivity index (χ3v) is 4.40. The summed E-state index contributed by atoms with van der Waals surface area (Å²) < 4.78 is 0.864. The van der Waals surface area contributed by atoms with E-state index in [1.807, 2.05) is 11.0 Å². The molecule has 0 spiro atoms. The molecule has 3 nitrogen and oxygen atoms in total. The Balaban J connectivity index is 1.75. The van der Waals surface area contributed by atoms with Crippen LogP contribution in [0.2, 0.25) is 0 Å². The molecule has 3 rings (SSSR count). The van der Waals surface area contributed by atoms with E-state index in [4.69, 9.17) is 0 Å². The lowest BCUT2D eigenvalue weighted by atomic mass is 10.0. The quantitative estimate of drug-likeness (QED) is 0.798. The van der Waals surface area contributed by atoms with Crippen molar-refractivity contribution in [2.24, 2.45) is 11.8 Å². The Morgan fingerprint density at radius 3 is 2.65 bits per heavy atom. The second-order valence-electron chi connectivity index (χ2n) is 5.05. The first kappa shape index (κ1) is 11.2. The molecule has 2 heterocycles. The molecular weight excluding hydrogens is 280 g/mol. The number of aromatic nitrogens is 1. The number of carbonyl (C=O) groups is 1. The highest BCUT2D eigenvalue weighted by Crippen LogP contribution is 2.38. The molecule has 2 unspecified atom stereocenters. The minimum atomic E-state index is 0.133. The number of amides is 1. The normalized spacial score (nSPS) is 27.2. The first-order valence-corrected chi connectivity index (χ1v) is 6.93. The van der Waals surface area contributed by atoms with Crippen molar-refractivity contribution >= 4 is 21.8 Å². The van der Waals surface area contributed by atoms with Crippen molar-refractivity contribution < 1.29 is 4.79 Å². The van der Waals surface area contributed by atoms with Crippen molar-refractivity contribution in [2.75, 3.05) is 13.1 Å². The van der Waals surface area contributed by atoms with Crippen LogP contribution in [0.15, 0.2) is 22.9 Å². The number of rotatable bonds is 1. The zero-order chi connectivity index (χ0) is 11.8. The van der Waals surface area contributed by atoms with E-state index in [1.54, 1.807) is 12.4 Å². The standard InChI is InChI=1S/C13H15BrN2O/c14-12-4-11(5-15-6-12)13(17)16-7-9-2-1-3-10(9)8-16/h4-6,9-10H,1-3,7-8H2. The molecule has 0 aromatic carbocycles. The van der Waals surface area contributed by atoms with Crippen LogP contribution in [0.3, 0.4) is 0 Å². The van der Waals surface area contributed by atoms with E-state index in [-0.39, 0.29) is 5.91 Å². The summed E-state index contributed by atoms with van der Waals surface area (Å²) in [6, 6.07) is 1.85. The van der Waals surface area contributed by atoms with Crippen molar-refractivity contribution in [2.45, 2.75) is 19.3 Å². The lowest BCUT2D eigenvalue weighted by molar-refractivity contribution is 0.0780. The van der Waals surface area contributed by atoms with Crippen molar-refractivity contribution in [1.82, 2.24) is 9.88 Å². The van der Waals surface area contributed by atoms with E-state index in [0.29, 0.717) is 5.56 Å². The molecule has 0 bridgehead atoms. The third-order valence-electron chi connectivity index (χ3n) is 3.97. The molecular formula is C13H15BrN2O. The van der Waals surface area contributed by atoms with E-state index in [2.05, 4.69) is 20.9 Å². The maximum atomic E-state index is 12.3. The summed E-state index contributed by atoms with van der Waals surface area (Å²) in [5.74, 6) is 1.63. The predicted molar refractivity (Wildman–Crippen MR) is 68.7 cm³/mol. The van der Waals surface area contributed by atoms with Gasteiger partial charge in [0.1, 0.15) is 0 Å². The molecule has 0 radical (unpaired) electrons. The smallest absolute Gasteiger partial charge is 0.255 e. The van der Waals surface area contributed by atoms with Gasteiger partial charge < -0.3 is 4.90 Å². The van der Waals surface area contributed by atoms with Crippen molar-refractivity contribution in [3.63, 3.8) is 0 Å². The van der Waals surface area contributed by atoms with Crippen LogP contribution >= 0.6 is 15.9 Å². The topological polar surface area (TPSA) is 33.2 Å². The van der Waals surface area contributed by atoms with Gasteiger partial charge in [0.25, 0.3) is 5.91 Å². The predicted octanol–water partition coefficient (Wildman–Crippen LogP) is 2.72. The van der Waals surface area contributed by atoms with Crippen LogP contribution in [0.25, 0.3) is 0 Å². The number of fused-ring (bicyclic) bond motifs is 1. The zero-order valence-electron chi connectivity index (χ0n) is 9.60. The zero-order valence-corrected chi connectivity index (χ0v) is 11.2. The number of nitrogens with zero attached hydrogens (tertiary/aromatic N) is 2. The molecule has 2 atom stereocenters. The molecule has 1 aliphatic heterocycles. The third kappa shape index (κ3) is 2.10. The number of hydrogen-bond acceptors (Lipinski definition) is 2. The highest BCUT2D eigenvalue weighted by atomic mass is 79.9. The number of likely N-dealkylation sites (tertiary alicyclic amines) is 1. The fourth-order valence-corrected chi connectivity index (χ4v) is 3.48. The second kappa shape index (κ2) is 4.41. The average Bonchev–Trinajstić information content (AvgIpc) is 2.88. The van der Waals surface area contributed by atoms with E-state index in [0.717, 1.165) is 29.4 Å². The summed E-state index contributed by atoms with van der Waals surface area (Å²) in [6.45, 7) is 1.88. The molecule has 17 heavy (non-hydrogen) atoms. The van der Waals surface area contributed by atoms with Crippen LogP contribution in [0, 0.1) is 11.8 Å². The first-order chi connectivity index (χ1) is 8.24. The summed E-state index contributed by atoms with van der Waals surface area (Å²) in [5.41, 5.74) is 0.694. The fourth-order valence-electron chi connectivity index (χ4n) is 3.11. The Hall–Kier alpha value is -0.900. The van der Waals surface area contributed by atoms with Crippen LogP contribution in [-0.4, -0.2) is 28.9 Å². The van der Waals surface area contributed by atoms with Gasteiger partial charge in [-0.1, -0.05) is 6.42 Å². The molecule has 2 fully saturated rings. The van der Waals surface area contributed by atoms with Crippen LogP contribution in [-0.2, 0) is 0 Å². The SMILES string of the molecule is O=C(c1cncc(Br)c1)N1CC2CCCC2C1. The molecule has 90 valence electrons. The van der Waals surface area contributed by atoms with Gasteiger partial charge in [0.2, 0.25) is 0 Å². The van der Waals surface area contributed by atoms with Crippen molar-refractivity contribution in [3.8, 4) is 0 Å².